The quantitative estimate of drug-likeness (QED) is 0.713. The molecule has 1 aliphatic heterocycles. The molecule has 1 aliphatic rings. The minimum atomic E-state index is -0.807. The summed E-state index contributed by atoms with van der Waals surface area (Å²) in [5, 5.41) is 9.36. The first-order chi connectivity index (χ1) is 11.2. The first-order valence-corrected chi connectivity index (χ1v) is 13.0. The highest BCUT2D eigenvalue weighted by atomic mass is 32.2. The van der Waals surface area contributed by atoms with Gasteiger partial charge in [-0.05, 0) is 24.3 Å². The van der Waals surface area contributed by atoms with Gasteiger partial charge in [0.15, 0.2) is 6.10 Å². The fourth-order valence-corrected chi connectivity index (χ4v) is 6.71. The van der Waals surface area contributed by atoms with Crippen molar-refractivity contribution in [1.82, 2.24) is 0 Å². The summed E-state index contributed by atoms with van der Waals surface area (Å²) in [7, 11) is 0. The Hall–Kier alpha value is 0.830. The normalized spacial score (nSPS) is 21.4. The molecule has 1 N–H and O–H groups in total. The molecule has 1 saturated heterocycles. The van der Waals surface area contributed by atoms with Crippen LogP contribution in [-0.2, 0) is 9.53 Å². The molecule has 0 unspecified atom stereocenters. The molecule has 0 aromatic rings. The molecule has 23 heavy (non-hydrogen) atoms. The second kappa shape index (κ2) is 15.1. The van der Waals surface area contributed by atoms with Crippen LogP contribution in [0, 0.1) is 0 Å². The zero-order chi connectivity index (χ0) is 16.8. The number of carbonyl (C=O) groups is 1. The summed E-state index contributed by atoms with van der Waals surface area (Å²) >= 11 is 7.89. The predicted molar refractivity (Wildman–Crippen MR) is 110 cm³/mol. The third kappa shape index (κ3) is 11.9. The number of carboxylic acid groups (broad SMARTS) is 1. The average molecular weight is 399 g/mol. The number of carboxylic acids is 1. The average Bonchev–Trinajstić information content (AvgIpc) is 2.54. The number of unbranched alkanes of at least 4 members (excludes halogenated alkanes) is 1. The molecule has 0 saturated carbocycles. The lowest BCUT2D eigenvalue weighted by atomic mass is 10.1. The van der Waals surface area contributed by atoms with Crippen LogP contribution in [0.3, 0.4) is 0 Å². The van der Waals surface area contributed by atoms with Gasteiger partial charge in [-0.15, -0.1) is 0 Å². The first kappa shape index (κ1) is 21.9. The van der Waals surface area contributed by atoms with Crippen molar-refractivity contribution in [1.29, 1.82) is 0 Å². The highest BCUT2D eigenvalue weighted by molar-refractivity contribution is 8.04. The summed E-state index contributed by atoms with van der Waals surface area (Å²) in [6.45, 7) is 2.08. The van der Waals surface area contributed by atoms with Crippen molar-refractivity contribution < 1.29 is 14.6 Å². The largest absolute Gasteiger partial charge is 0.479 e. The summed E-state index contributed by atoms with van der Waals surface area (Å²) in [5.41, 5.74) is 0. The van der Waals surface area contributed by atoms with Gasteiger partial charge in [-0.25, -0.2) is 4.79 Å². The molecule has 0 spiro atoms. The van der Waals surface area contributed by atoms with Crippen LogP contribution in [0.5, 0.6) is 0 Å². The van der Waals surface area contributed by atoms with Gasteiger partial charge in [0, 0.05) is 34.5 Å². The van der Waals surface area contributed by atoms with Gasteiger partial charge in [0.05, 0.1) is 6.10 Å². The zero-order valence-electron chi connectivity index (χ0n) is 14.0. The molecule has 0 amide bonds. The van der Waals surface area contributed by atoms with Gasteiger partial charge in [-0.2, -0.15) is 47.0 Å². The minimum absolute atomic E-state index is 0.0564. The number of ether oxygens (including phenoxy) is 1. The number of thioether (sulfide) groups is 4. The van der Waals surface area contributed by atoms with Crippen LogP contribution in [0.2, 0.25) is 0 Å². The molecular formula is C16H30O3S4. The van der Waals surface area contributed by atoms with E-state index >= 15 is 0 Å². The van der Waals surface area contributed by atoms with E-state index in [0.29, 0.717) is 6.42 Å². The highest BCUT2D eigenvalue weighted by Gasteiger charge is 2.22. The van der Waals surface area contributed by atoms with Crippen molar-refractivity contribution in [2.75, 3.05) is 46.0 Å². The molecule has 7 heteroatoms. The first-order valence-electron chi connectivity index (χ1n) is 8.43. The SMILES string of the molecule is CCCC[C@H](OC1CSCCSCCCSCCSC1)C(=O)O. The van der Waals surface area contributed by atoms with E-state index in [9.17, 15) is 9.90 Å². The maximum atomic E-state index is 11.4. The Morgan fingerprint density at radius 2 is 1.61 bits per heavy atom. The van der Waals surface area contributed by atoms with Crippen LogP contribution in [0.15, 0.2) is 0 Å². The zero-order valence-corrected chi connectivity index (χ0v) is 17.3. The Morgan fingerprint density at radius 1 is 1.04 bits per heavy atom. The van der Waals surface area contributed by atoms with Crippen molar-refractivity contribution in [2.24, 2.45) is 0 Å². The molecule has 0 bridgehead atoms. The summed E-state index contributed by atoms with van der Waals surface area (Å²) in [6, 6.07) is 0. The van der Waals surface area contributed by atoms with Gasteiger partial charge in [-0.1, -0.05) is 19.8 Å². The molecule has 0 aliphatic carbocycles. The second-order valence-corrected chi connectivity index (χ2v) is 10.2. The molecule has 1 heterocycles. The van der Waals surface area contributed by atoms with Crippen LogP contribution in [0.25, 0.3) is 0 Å². The van der Waals surface area contributed by atoms with Crippen molar-refractivity contribution in [3.63, 3.8) is 0 Å². The van der Waals surface area contributed by atoms with E-state index < -0.39 is 12.1 Å². The lowest BCUT2D eigenvalue weighted by Gasteiger charge is -2.22. The van der Waals surface area contributed by atoms with Crippen molar-refractivity contribution >= 4 is 53.0 Å². The maximum absolute atomic E-state index is 11.4. The minimum Gasteiger partial charge on any atom is -0.479 e. The van der Waals surface area contributed by atoms with E-state index in [-0.39, 0.29) is 6.10 Å². The van der Waals surface area contributed by atoms with Crippen molar-refractivity contribution in [2.45, 2.75) is 44.8 Å². The molecule has 3 nitrogen and oxygen atoms in total. The lowest BCUT2D eigenvalue weighted by molar-refractivity contribution is -0.153. The Kier molecular flexibility index (Phi) is 14.4. The fraction of sp³-hybridized carbons (Fsp3) is 0.938. The third-order valence-corrected chi connectivity index (χ3v) is 8.24. The summed E-state index contributed by atoms with van der Waals surface area (Å²) in [6.07, 6.45) is 3.29. The Labute approximate surface area is 158 Å². The molecule has 0 aromatic carbocycles. The van der Waals surface area contributed by atoms with Gasteiger partial charge in [-0.3, -0.25) is 0 Å². The topological polar surface area (TPSA) is 46.5 Å². The molecular weight excluding hydrogens is 368 g/mol. The Balaban J connectivity index is 2.43. The van der Waals surface area contributed by atoms with E-state index in [2.05, 4.69) is 6.92 Å². The Bertz CT molecular complexity index is 291. The van der Waals surface area contributed by atoms with Gasteiger partial charge in [0.2, 0.25) is 0 Å². The van der Waals surface area contributed by atoms with Gasteiger partial charge >= 0.3 is 5.97 Å². The molecule has 1 atom stereocenters. The summed E-state index contributed by atoms with van der Waals surface area (Å²) < 4.78 is 5.96. The van der Waals surface area contributed by atoms with Crippen LogP contribution in [0.4, 0.5) is 0 Å². The fourth-order valence-electron chi connectivity index (χ4n) is 2.13. The molecule has 136 valence electrons. The van der Waals surface area contributed by atoms with Crippen molar-refractivity contribution in [3.05, 3.63) is 0 Å². The van der Waals surface area contributed by atoms with E-state index in [1.54, 1.807) is 0 Å². The number of hydrogen-bond donors (Lipinski definition) is 1. The monoisotopic (exact) mass is 398 g/mol. The number of rotatable bonds is 6. The van der Waals surface area contributed by atoms with E-state index in [1.165, 1.54) is 29.4 Å². The molecule has 0 aromatic heterocycles. The van der Waals surface area contributed by atoms with E-state index in [4.69, 9.17) is 4.74 Å². The summed E-state index contributed by atoms with van der Waals surface area (Å²) in [4.78, 5) is 11.4. The van der Waals surface area contributed by atoms with Crippen LogP contribution >= 0.6 is 47.0 Å². The van der Waals surface area contributed by atoms with E-state index in [1.807, 2.05) is 47.0 Å². The molecule has 0 radical (unpaired) electrons. The number of aliphatic carboxylic acids is 1. The Morgan fingerprint density at radius 3 is 2.13 bits per heavy atom. The lowest BCUT2D eigenvalue weighted by Crippen LogP contribution is -2.32. The van der Waals surface area contributed by atoms with E-state index in [0.717, 1.165) is 35.9 Å². The van der Waals surface area contributed by atoms with Crippen molar-refractivity contribution in [3.8, 4) is 0 Å². The van der Waals surface area contributed by atoms with Gasteiger partial charge in [0.25, 0.3) is 0 Å². The smallest absolute Gasteiger partial charge is 0.332 e. The summed E-state index contributed by atoms with van der Waals surface area (Å²) in [5.74, 6) is 8.19. The highest BCUT2D eigenvalue weighted by Crippen LogP contribution is 2.19. The standard InChI is InChI=1S/C16H30O3S4/c1-2-3-5-15(16(17)18)19-14-12-22-10-8-20-6-4-7-21-9-11-23-13-14/h14-15H,2-13H2,1H3,(H,17,18)/t15-/m0/s1. The van der Waals surface area contributed by atoms with Crippen LogP contribution < -0.4 is 0 Å². The second-order valence-electron chi connectivity index (χ2n) is 5.46. The molecule has 1 fully saturated rings. The third-order valence-electron chi connectivity index (χ3n) is 3.38. The van der Waals surface area contributed by atoms with Gasteiger partial charge in [0.1, 0.15) is 0 Å². The van der Waals surface area contributed by atoms with Gasteiger partial charge < -0.3 is 9.84 Å². The maximum Gasteiger partial charge on any atom is 0.332 e. The predicted octanol–water partition coefficient (Wildman–Crippen LogP) is 4.35. The van der Waals surface area contributed by atoms with Crippen LogP contribution in [-0.4, -0.2) is 69.3 Å². The molecule has 1 rings (SSSR count). The number of hydrogen-bond acceptors (Lipinski definition) is 6. The van der Waals surface area contributed by atoms with Crippen LogP contribution in [0.1, 0.15) is 32.6 Å².